The van der Waals surface area contributed by atoms with Gasteiger partial charge in [-0.2, -0.15) is 0 Å². The highest BCUT2D eigenvalue weighted by molar-refractivity contribution is 7.89. The number of hydrogen-bond donors (Lipinski definition) is 2. The lowest BCUT2D eigenvalue weighted by molar-refractivity contribution is -0.116. The molecule has 0 aliphatic carbocycles. The Bertz CT molecular complexity index is 725. The number of nitrogens with zero attached hydrogens (tertiary/aromatic N) is 4. The second-order valence-corrected chi connectivity index (χ2v) is 5.64. The molecule has 2 rings (SSSR count). The third-order valence-electron chi connectivity index (χ3n) is 2.51. The Morgan fingerprint density at radius 3 is 2.80 bits per heavy atom. The van der Waals surface area contributed by atoms with Gasteiger partial charge in [-0.3, -0.25) is 4.79 Å². The van der Waals surface area contributed by atoms with Crippen LogP contribution in [0.2, 0.25) is 0 Å². The molecule has 0 saturated carbocycles. The number of amides is 1. The predicted molar refractivity (Wildman–Crippen MR) is 69.0 cm³/mol. The summed E-state index contributed by atoms with van der Waals surface area (Å²) >= 11 is 0. The minimum Gasteiger partial charge on any atom is -0.324 e. The molecular weight excluding hydrogens is 284 g/mol. The molecule has 0 unspecified atom stereocenters. The summed E-state index contributed by atoms with van der Waals surface area (Å²) in [4.78, 5) is 11.7. The Balaban J connectivity index is 2.18. The Labute approximate surface area is 114 Å². The van der Waals surface area contributed by atoms with Gasteiger partial charge < -0.3 is 5.32 Å². The van der Waals surface area contributed by atoms with Crippen LogP contribution in [-0.2, 0) is 21.4 Å². The molecule has 9 nitrogen and oxygen atoms in total. The minimum absolute atomic E-state index is 0.0687. The molecule has 1 aromatic carbocycles. The molecular formula is C10H12N6O3S. The summed E-state index contributed by atoms with van der Waals surface area (Å²) in [6.07, 6.45) is 1.30. The second-order valence-electron chi connectivity index (χ2n) is 4.08. The number of hydrogen-bond acceptors (Lipinski definition) is 6. The molecule has 20 heavy (non-hydrogen) atoms. The molecule has 1 aromatic heterocycles. The first-order chi connectivity index (χ1) is 9.36. The van der Waals surface area contributed by atoms with Crippen molar-refractivity contribution in [1.82, 2.24) is 20.2 Å². The summed E-state index contributed by atoms with van der Waals surface area (Å²) in [5.74, 6) is -0.382. The molecule has 0 spiro atoms. The largest absolute Gasteiger partial charge is 0.324 e. The topological polar surface area (TPSA) is 133 Å². The second kappa shape index (κ2) is 5.35. The average Bonchev–Trinajstić information content (AvgIpc) is 2.83. The van der Waals surface area contributed by atoms with Crippen LogP contribution in [0.25, 0.3) is 0 Å². The van der Waals surface area contributed by atoms with Crippen LogP contribution >= 0.6 is 0 Å². The molecule has 1 heterocycles. The fourth-order valence-corrected chi connectivity index (χ4v) is 2.04. The van der Waals surface area contributed by atoms with Gasteiger partial charge in [0.2, 0.25) is 15.9 Å². The van der Waals surface area contributed by atoms with Crippen LogP contribution in [-0.4, -0.2) is 34.5 Å². The van der Waals surface area contributed by atoms with Crippen molar-refractivity contribution in [2.24, 2.45) is 5.14 Å². The lowest BCUT2D eigenvalue weighted by atomic mass is 10.2. The van der Waals surface area contributed by atoms with Gasteiger partial charge in [-0.15, -0.1) is 5.10 Å². The van der Waals surface area contributed by atoms with E-state index in [9.17, 15) is 13.2 Å². The summed E-state index contributed by atoms with van der Waals surface area (Å²) in [5, 5.41) is 18.0. The van der Waals surface area contributed by atoms with Gasteiger partial charge in [0.15, 0.2) is 0 Å². The van der Waals surface area contributed by atoms with E-state index in [2.05, 4.69) is 20.8 Å². The summed E-state index contributed by atoms with van der Waals surface area (Å²) in [5.41, 5.74) is 1.08. The van der Waals surface area contributed by atoms with Crippen LogP contribution < -0.4 is 10.5 Å². The Kier molecular flexibility index (Phi) is 3.77. The molecule has 0 atom stereocenters. The maximum atomic E-state index is 11.8. The van der Waals surface area contributed by atoms with Crippen LogP contribution in [0.3, 0.4) is 0 Å². The molecule has 0 aliphatic rings. The van der Waals surface area contributed by atoms with E-state index < -0.39 is 10.0 Å². The maximum Gasteiger partial charge on any atom is 0.246 e. The van der Waals surface area contributed by atoms with Crippen LogP contribution in [0.4, 0.5) is 5.69 Å². The van der Waals surface area contributed by atoms with Crippen molar-refractivity contribution in [3.8, 4) is 0 Å². The number of anilines is 1. The monoisotopic (exact) mass is 296 g/mol. The summed E-state index contributed by atoms with van der Waals surface area (Å²) < 4.78 is 23.8. The molecule has 0 aliphatic heterocycles. The molecule has 0 fully saturated rings. The van der Waals surface area contributed by atoms with Gasteiger partial charge in [0.25, 0.3) is 0 Å². The van der Waals surface area contributed by atoms with Crippen molar-refractivity contribution in [2.75, 3.05) is 5.32 Å². The van der Waals surface area contributed by atoms with E-state index in [0.29, 0.717) is 11.3 Å². The Morgan fingerprint density at radius 2 is 2.20 bits per heavy atom. The molecule has 10 heteroatoms. The number of nitrogens with two attached hydrogens (primary N) is 1. The number of nitrogens with one attached hydrogen (secondary N) is 1. The number of primary sulfonamides is 1. The number of benzene rings is 1. The minimum atomic E-state index is -3.82. The number of rotatable bonds is 4. The lowest BCUT2D eigenvalue weighted by Crippen LogP contribution is -2.20. The molecule has 2 aromatic rings. The SMILES string of the molecule is Cc1ccc(S(N)(=O)=O)cc1NC(=O)Cn1cnnn1. The highest BCUT2D eigenvalue weighted by atomic mass is 32.2. The molecule has 3 N–H and O–H groups in total. The molecule has 0 radical (unpaired) electrons. The fourth-order valence-electron chi connectivity index (χ4n) is 1.50. The van der Waals surface area contributed by atoms with Crippen LogP contribution in [0.1, 0.15) is 5.56 Å². The zero-order valence-electron chi connectivity index (χ0n) is 10.5. The number of aromatic nitrogens is 4. The van der Waals surface area contributed by atoms with Gasteiger partial charge in [0.1, 0.15) is 12.9 Å². The standard InChI is InChI=1S/C10H12N6O3S/c1-7-2-3-8(20(11,18)19)4-9(7)13-10(17)5-16-6-12-14-15-16/h2-4,6H,5H2,1H3,(H,13,17)(H2,11,18,19). The van der Waals surface area contributed by atoms with Gasteiger partial charge in [-0.05, 0) is 35.0 Å². The van der Waals surface area contributed by atoms with Crippen LogP contribution in [0, 0.1) is 6.92 Å². The summed E-state index contributed by atoms with van der Waals surface area (Å²) in [6, 6.07) is 4.25. The van der Waals surface area contributed by atoms with Gasteiger partial charge >= 0.3 is 0 Å². The predicted octanol–water partition coefficient (Wildman–Crippen LogP) is -0.732. The van der Waals surface area contributed by atoms with E-state index in [1.165, 1.54) is 23.1 Å². The van der Waals surface area contributed by atoms with Crippen LogP contribution in [0.5, 0.6) is 0 Å². The van der Waals surface area contributed by atoms with Crippen molar-refractivity contribution in [3.63, 3.8) is 0 Å². The van der Waals surface area contributed by atoms with E-state index in [-0.39, 0.29) is 17.3 Å². The molecule has 0 bridgehead atoms. The first-order valence-electron chi connectivity index (χ1n) is 5.50. The van der Waals surface area contributed by atoms with Crippen molar-refractivity contribution in [2.45, 2.75) is 18.4 Å². The smallest absolute Gasteiger partial charge is 0.246 e. The maximum absolute atomic E-state index is 11.8. The third-order valence-corrected chi connectivity index (χ3v) is 3.42. The third kappa shape index (κ3) is 3.36. The van der Waals surface area contributed by atoms with Crippen molar-refractivity contribution < 1.29 is 13.2 Å². The Morgan fingerprint density at radius 1 is 1.45 bits per heavy atom. The number of aryl methyl sites for hydroxylation is 1. The molecule has 1 amide bonds. The Hall–Kier alpha value is -2.33. The number of carbonyl (C=O) groups excluding carboxylic acids is 1. The highest BCUT2D eigenvalue weighted by Crippen LogP contribution is 2.19. The van der Waals surface area contributed by atoms with Gasteiger partial charge in [-0.25, -0.2) is 18.2 Å². The normalized spacial score (nSPS) is 11.3. The van der Waals surface area contributed by atoms with E-state index >= 15 is 0 Å². The van der Waals surface area contributed by atoms with Crippen molar-refractivity contribution in [1.29, 1.82) is 0 Å². The molecule has 0 saturated heterocycles. The summed E-state index contributed by atoms with van der Waals surface area (Å²) in [6.45, 7) is 1.66. The van der Waals surface area contributed by atoms with Gasteiger partial charge in [0.05, 0.1) is 4.90 Å². The zero-order valence-corrected chi connectivity index (χ0v) is 11.3. The lowest BCUT2D eigenvalue weighted by Gasteiger charge is -2.09. The van der Waals surface area contributed by atoms with Gasteiger partial charge in [-0.1, -0.05) is 6.07 Å². The zero-order chi connectivity index (χ0) is 14.8. The van der Waals surface area contributed by atoms with E-state index in [1.807, 2.05) is 0 Å². The van der Waals surface area contributed by atoms with Crippen molar-refractivity contribution in [3.05, 3.63) is 30.1 Å². The number of tetrazole rings is 1. The van der Waals surface area contributed by atoms with E-state index in [4.69, 9.17) is 5.14 Å². The van der Waals surface area contributed by atoms with E-state index in [1.54, 1.807) is 13.0 Å². The first-order valence-corrected chi connectivity index (χ1v) is 7.05. The quantitative estimate of drug-likeness (QED) is 0.764. The number of carbonyl (C=O) groups is 1. The number of sulfonamides is 1. The average molecular weight is 296 g/mol. The van der Waals surface area contributed by atoms with Gasteiger partial charge in [0, 0.05) is 5.69 Å². The highest BCUT2D eigenvalue weighted by Gasteiger charge is 2.12. The van der Waals surface area contributed by atoms with Crippen LogP contribution in [0.15, 0.2) is 29.4 Å². The van der Waals surface area contributed by atoms with E-state index in [0.717, 1.165) is 0 Å². The summed E-state index contributed by atoms with van der Waals surface area (Å²) in [7, 11) is -3.82. The van der Waals surface area contributed by atoms with Crippen molar-refractivity contribution >= 4 is 21.6 Å². The first kappa shape index (κ1) is 14.1. The fraction of sp³-hybridized carbons (Fsp3) is 0.200. The molecule has 106 valence electrons.